The summed E-state index contributed by atoms with van der Waals surface area (Å²) in [5.41, 5.74) is 2.28. The average molecular weight is 644 g/mol. The Bertz CT molecular complexity index is 1320. The minimum Gasteiger partial charge on any atom is -0.478 e. The Labute approximate surface area is 232 Å². The molecule has 2 aromatic carbocycles. The number of hydrogen-bond acceptors (Lipinski definition) is 6. The van der Waals surface area contributed by atoms with Gasteiger partial charge in [0.05, 0.1) is 29.3 Å². The molecular formula is C25H26Br2ClN3O5. The van der Waals surface area contributed by atoms with Crippen molar-refractivity contribution in [2.75, 3.05) is 27.9 Å². The van der Waals surface area contributed by atoms with Crippen molar-refractivity contribution >= 4 is 77.9 Å². The van der Waals surface area contributed by atoms with Crippen molar-refractivity contribution < 1.29 is 24.3 Å². The van der Waals surface area contributed by atoms with E-state index in [0.717, 1.165) is 17.5 Å². The molecular weight excluding hydrogens is 618 g/mol. The zero-order valence-electron chi connectivity index (χ0n) is 20.1. The molecule has 0 atom stereocenters. The van der Waals surface area contributed by atoms with Gasteiger partial charge < -0.3 is 9.84 Å². The van der Waals surface area contributed by atoms with Gasteiger partial charge in [0.25, 0.3) is 5.91 Å². The molecule has 4 aromatic rings. The number of pyridine rings is 2. The number of para-hydroxylation sites is 2. The molecule has 0 radical (unpaired) electrons. The number of nitrogens with zero attached hydrogens (tertiary/aromatic N) is 3. The summed E-state index contributed by atoms with van der Waals surface area (Å²) in [6.45, 7) is 2.78. The Kier molecular flexibility index (Phi) is 13.5. The highest BCUT2D eigenvalue weighted by Crippen LogP contribution is 2.22. The van der Waals surface area contributed by atoms with Crippen LogP contribution in [0.25, 0.3) is 21.8 Å². The van der Waals surface area contributed by atoms with Crippen molar-refractivity contribution in [2.24, 2.45) is 0 Å². The molecule has 4 rings (SSSR count). The lowest BCUT2D eigenvalue weighted by Gasteiger charge is -2.15. The molecule has 0 spiro atoms. The molecule has 0 saturated heterocycles. The minimum atomic E-state index is -0.940. The average Bonchev–Trinajstić information content (AvgIpc) is 2.87. The Morgan fingerprint density at radius 1 is 0.889 bits per heavy atom. The van der Waals surface area contributed by atoms with E-state index in [1.807, 2.05) is 37.3 Å². The number of aromatic carboxylic acids is 1. The van der Waals surface area contributed by atoms with Crippen molar-refractivity contribution in [3.8, 4) is 0 Å². The summed E-state index contributed by atoms with van der Waals surface area (Å²) in [5, 5.41) is 11.6. The van der Waals surface area contributed by atoms with Crippen LogP contribution in [0.5, 0.6) is 0 Å². The zero-order valence-corrected chi connectivity index (χ0v) is 24.1. The first kappa shape index (κ1) is 31.4. The van der Waals surface area contributed by atoms with Crippen LogP contribution in [0.4, 0.5) is 0 Å². The molecule has 0 fully saturated rings. The van der Waals surface area contributed by atoms with Crippen molar-refractivity contribution in [1.82, 2.24) is 15.0 Å². The first-order chi connectivity index (χ1) is 16.7. The predicted molar refractivity (Wildman–Crippen MR) is 150 cm³/mol. The number of carboxylic acids is 1. The standard InChI is InChI=1S/C12H11BrN2O2.C10H6BrNO2.C3H8O.ClH/c1-15(17-2)12(16)9-7-11(13)14-10-6-4-3-5-8(9)10;11-9-5-7(10(13)14)6-3-1-2-4-8(6)12-9;1-3-4-2;/h3-7H,1-2H3;1-5H,(H,13,14);3H2,1-2H3;1H. The van der Waals surface area contributed by atoms with E-state index < -0.39 is 5.97 Å². The lowest BCUT2D eigenvalue weighted by atomic mass is 10.1. The summed E-state index contributed by atoms with van der Waals surface area (Å²) in [7, 11) is 4.71. The molecule has 1 amide bonds. The highest BCUT2D eigenvalue weighted by Gasteiger charge is 2.16. The SMILES string of the molecule is CCOC.CON(C)C(=O)c1cc(Br)nc2ccccc12.Cl.O=C(O)c1cc(Br)nc2ccccc12. The number of hydroxylamine groups is 2. The summed E-state index contributed by atoms with van der Waals surface area (Å²) in [6.07, 6.45) is 0. The van der Waals surface area contributed by atoms with Crippen molar-refractivity contribution in [3.05, 3.63) is 81.0 Å². The molecule has 0 aliphatic carbocycles. The van der Waals surface area contributed by atoms with Crippen LogP contribution in [-0.2, 0) is 9.57 Å². The van der Waals surface area contributed by atoms with E-state index in [1.165, 1.54) is 18.2 Å². The van der Waals surface area contributed by atoms with Crippen LogP contribution in [0.1, 0.15) is 27.6 Å². The summed E-state index contributed by atoms with van der Waals surface area (Å²) in [4.78, 5) is 36.4. The first-order valence-electron chi connectivity index (χ1n) is 10.4. The molecule has 0 aliphatic heterocycles. The number of carbonyl (C=O) groups is 2. The van der Waals surface area contributed by atoms with Crippen LogP contribution in [0.3, 0.4) is 0 Å². The van der Waals surface area contributed by atoms with E-state index in [2.05, 4.69) is 46.6 Å². The first-order valence-corrected chi connectivity index (χ1v) is 12.0. The number of carbonyl (C=O) groups excluding carboxylic acids is 1. The summed E-state index contributed by atoms with van der Waals surface area (Å²) >= 11 is 6.48. The van der Waals surface area contributed by atoms with E-state index in [-0.39, 0.29) is 23.9 Å². The third kappa shape index (κ3) is 8.49. The molecule has 36 heavy (non-hydrogen) atoms. The van der Waals surface area contributed by atoms with Gasteiger partial charge in [-0.1, -0.05) is 36.4 Å². The number of halogens is 3. The van der Waals surface area contributed by atoms with Crippen molar-refractivity contribution in [2.45, 2.75) is 6.92 Å². The molecule has 192 valence electrons. The van der Waals surface area contributed by atoms with Crippen LogP contribution >= 0.6 is 44.3 Å². The fourth-order valence-corrected chi connectivity index (χ4v) is 3.73. The van der Waals surface area contributed by atoms with Gasteiger partial charge in [-0.3, -0.25) is 9.63 Å². The summed E-state index contributed by atoms with van der Waals surface area (Å²) < 4.78 is 5.71. The molecule has 8 nitrogen and oxygen atoms in total. The van der Waals surface area contributed by atoms with E-state index >= 15 is 0 Å². The highest BCUT2D eigenvalue weighted by atomic mass is 79.9. The van der Waals surface area contributed by atoms with Gasteiger partial charge in [0, 0.05) is 31.5 Å². The second kappa shape index (κ2) is 15.5. The molecule has 0 unspecified atom stereocenters. The maximum absolute atomic E-state index is 12.1. The number of amides is 1. The van der Waals surface area contributed by atoms with Gasteiger partial charge in [-0.05, 0) is 63.0 Å². The lowest BCUT2D eigenvalue weighted by Crippen LogP contribution is -2.25. The molecule has 0 aliphatic rings. The van der Waals surface area contributed by atoms with Gasteiger partial charge in [0.15, 0.2) is 0 Å². The number of rotatable bonds is 4. The normalized spacial score (nSPS) is 9.83. The van der Waals surface area contributed by atoms with Gasteiger partial charge >= 0.3 is 5.97 Å². The summed E-state index contributed by atoms with van der Waals surface area (Å²) in [5.74, 6) is -1.14. The van der Waals surface area contributed by atoms with Gasteiger partial charge in [0.1, 0.15) is 9.21 Å². The smallest absolute Gasteiger partial charge is 0.336 e. The fourth-order valence-electron chi connectivity index (χ4n) is 2.89. The Morgan fingerprint density at radius 3 is 1.72 bits per heavy atom. The van der Waals surface area contributed by atoms with Gasteiger partial charge in [-0.25, -0.2) is 19.8 Å². The Balaban J connectivity index is 0.000000310. The number of hydrogen-bond donors (Lipinski definition) is 1. The summed E-state index contributed by atoms with van der Waals surface area (Å²) in [6, 6.07) is 17.8. The van der Waals surface area contributed by atoms with Crippen molar-refractivity contribution in [1.29, 1.82) is 0 Å². The van der Waals surface area contributed by atoms with Gasteiger partial charge in [-0.2, -0.15) is 0 Å². The quantitative estimate of drug-likeness (QED) is 0.203. The second-order valence-corrected chi connectivity index (χ2v) is 8.51. The highest BCUT2D eigenvalue weighted by molar-refractivity contribution is 9.10. The monoisotopic (exact) mass is 641 g/mol. The maximum Gasteiger partial charge on any atom is 0.336 e. The zero-order chi connectivity index (χ0) is 26.0. The van der Waals surface area contributed by atoms with Crippen LogP contribution in [-0.4, -0.2) is 59.9 Å². The van der Waals surface area contributed by atoms with Crippen LogP contribution in [0.2, 0.25) is 0 Å². The topological polar surface area (TPSA) is 102 Å². The fraction of sp³-hybridized carbons (Fsp3) is 0.200. The number of methoxy groups -OCH3 is 1. The van der Waals surface area contributed by atoms with Crippen LogP contribution in [0, 0.1) is 0 Å². The Hall–Kier alpha value is -2.63. The minimum absolute atomic E-state index is 0. The third-order valence-electron chi connectivity index (χ3n) is 4.68. The molecule has 2 aromatic heterocycles. The van der Waals surface area contributed by atoms with E-state index in [4.69, 9.17) is 9.94 Å². The van der Waals surface area contributed by atoms with E-state index in [9.17, 15) is 9.59 Å². The van der Waals surface area contributed by atoms with Crippen LogP contribution in [0.15, 0.2) is 69.9 Å². The number of fused-ring (bicyclic) bond motifs is 2. The number of carboxylic acid groups (broad SMARTS) is 1. The van der Waals surface area contributed by atoms with E-state index in [1.54, 1.807) is 38.4 Å². The Morgan fingerprint density at radius 2 is 1.31 bits per heavy atom. The van der Waals surface area contributed by atoms with Crippen LogP contribution < -0.4 is 0 Å². The molecule has 0 bridgehead atoms. The number of benzene rings is 2. The van der Waals surface area contributed by atoms with Crippen molar-refractivity contribution in [3.63, 3.8) is 0 Å². The van der Waals surface area contributed by atoms with Gasteiger partial charge in [-0.15, -0.1) is 12.4 Å². The third-order valence-corrected chi connectivity index (χ3v) is 5.49. The number of aromatic nitrogens is 2. The van der Waals surface area contributed by atoms with Gasteiger partial charge in [0.2, 0.25) is 0 Å². The molecule has 0 saturated carbocycles. The van der Waals surface area contributed by atoms with E-state index in [0.29, 0.717) is 25.7 Å². The maximum atomic E-state index is 12.1. The number of ether oxygens (including phenoxy) is 1. The molecule has 1 N–H and O–H groups in total. The molecule has 2 heterocycles. The predicted octanol–water partition coefficient (Wildman–Crippen LogP) is 6.40. The largest absolute Gasteiger partial charge is 0.478 e. The molecule has 11 heteroatoms. The lowest BCUT2D eigenvalue weighted by molar-refractivity contribution is -0.0755. The second-order valence-electron chi connectivity index (χ2n) is 6.89.